The maximum atomic E-state index is 11.9. The first kappa shape index (κ1) is 15.3. The molecule has 2 atom stereocenters. The molecule has 1 aliphatic rings. The molecule has 1 aliphatic heterocycles. The molecule has 23 heavy (non-hydrogen) atoms. The van der Waals surface area contributed by atoms with Crippen LogP contribution in [0.2, 0.25) is 0 Å². The Kier molecular flexibility index (Phi) is 4.14. The molecule has 1 aromatic carbocycles. The second-order valence-corrected chi connectivity index (χ2v) is 5.04. The summed E-state index contributed by atoms with van der Waals surface area (Å²) in [7, 11) is 1.56. The summed E-state index contributed by atoms with van der Waals surface area (Å²) in [6.07, 6.45) is 1.80. The van der Waals surface area contributed by atoms with Crippen LogP contribution in [-0.2, 0) is 4.74 Å². The van der Waals surface area contributed by atoms with Crippen molar-refractivity contribution in [3.8, 4) is 5.75 Å². The highest BCUT2D eigenvalue weighted by Gasteiger charge is 2.30. The largest absolute Gasteiger partial charge is 0.496 e. The summed E-state index contributed by atoms with van der Waals surface area (Å²) in [6, 6.07) is 8.61. The molecular weight excluding hydrogens is 300 g/mol. The summed E-state index contributed by atoms with van der Waals surface area (Å²) in [5, 5.41) is 9.59. The number of benzene rings is 1. The molecule has 2 N–H and O–H groups in total. The zero-order valence-corrected chi connectivity index (χ0v) is 12.4. The predicted molar refractivity (Wildman–Crippen MR) is 83.3 cm³/mol. The quantitative estimate of drug-likeness (QED) is 0.857. The Morgan fingerprint density at radius 3 is 2.78 bits per heavy atom. The number of aromatic nitrogens is 2. The van der Waals surface area contributed by atoms with Crippen LogP contribution in [0, 0.1) is 0 Å². The number of rotatable bonds is 4. The van der Waals surface area contributed by atoms with Gasteiger partial charge in [0.2, 0.25) is 0 Å². The van der Waals surface area contributed by atoms with E-state index in [4.69, 9.17) is 9.47 Å². The number of aliphatic hydroxyl groups excluding tert-OH is 1. The van der Waals surface area contributed by atoms with Gasteiger partial charge in [-0.05, 0) is 17.7 Å². The minimum atomic E-state index is -0.712. The third-order valence-electron chi connectivity index (χ3n) is 3.68. The van der Waals surface area contributed by atoms with Gasteiger partial charge in [-0.25, -0.2) is 4.79 Å². The van der Waals surface area contributed by atoms with Crippen LogP contribution in [0.5, 0.6) is 5.75 Å². The molecule has 0 spiro atoms. The first-order chi connectivity index (χ1) is 11.1. The van der Waals surface area contributed by atoms with Gasteiger partial charge in [0.25, 0.3) is 5.56 Å². The normalized spacial score (nSPS) is 20.3. The molecule has 0 saturated carbocycles. The Morgan fingerprint density at radius 2 is 2.09 bits per heavy atom. The average molecular weight is 316 g/mol. The first-order valence-electron chi connectivity index (χ1n) is 7.07. The molecule has 7 nitrogen and oxygen atoms in total. The summed E-state index contributed by atoms with van der Waals surface area (Å²) in [5.41, 5.74) is 0.468. The third-order valence-corrected chi connectivity index (χ3v) is 3.68. The van der Waals surface area contributed by atoms with Crippen LogP contribution in [0.15, 0.2) is 52.2 Å². The number of methoxy groups -OCH3 is 1. The topological polar surface area (TPSA) is 93.6 Å². The van der Waals surface area contributed by atoms with E-state index in [1.54, 1.807) is 13.2 Å². The number of aliphatic hydroxyl groups is 1. The minimum absolute atomic E-state index is 0.238. The van der Waals surface area contributed by atoms with Gasteiger partial charge in [0.15, 0.2) is 6.23 Å². The van der Waals surface area contributed by atoms with Crippen molar-refractivity contribution >= 4 is 5.57 Å². The lowest BCUT2D eigenvalue weighted by Gasteiger charge is -2.16. The van der Waals surface area contributed by atoms with Crippen LogP contribution >= 0.6 is 0 Å². The molecular formula is C16H16N2O5. The minimum Gasteiger partial charge on any atom is -0.496 e. The van der Waals surface area contributed by atoms with E-state index >= 15 is 0 Å². The van der Waals surface area contributed by atoms with E-state index in [0.29, 0.717) is 5.75 Å². The van der Waals surface area contributed by atoms with E-state index < -0.39 is 23.6 Å². The summed E-state index contributed by atoms with van der Waals surface area (Å²) in [4.78, 5) is 25.2. The van der Waals surface area contributed by atoms with E-state index in [-0.39, 0.29) is 6.61 Å². The standard InChI is InChI=1S/C16H16N2O5/c1-22-12-5-3-2-4-10(12)11-8-15(23-13(11)9-19)18-7-6-14(20)17-16(18)21/h2-8,13,15,19H,9H2,1H3,(H,17,20,21)/t13-,15-/m1/s1. The van der Waals surface area contributed by atoms with Crippen molar-refractivity contribution in [1.82, 2.24) is 9.55 Å². The Hall–Kier alpha value is -2.64. The van der Waals surface area contributed by atoms with Gasteiger partial charge in [-0.1, -0.05) is 18.2 Å². The summed E-state index contributed by atoms with van der Waals surface area (Å²) < 4.78 is 12.3. The van der Waals surface area contributed by atoms with Crippen molar-refractivity contribution in [1.29, 1.82) is 0 Å². The van der Waals surface area contributed by atoms with Gasteiger partial charge < -0.3 is 14.6 Å². The van der Waals surface area contributed by atoms with E-state index in [1.807, 2.05) is 24.3 Å². The lowest BCUT2D eigenvalue weighted by molar-refractivity contribution is -0.00726. The van der Waals surface area contributed by atoms with Gasteiger partial charge in [-0.3, -0.25) is 14.3 Å². The average Bonchev–Trinajstić information content (AvgIpc) is 2.98. The van der Waals surface area contributed by atoms with Gasteiger partial charge >= 0.3 is 5.69 Å². The van der Waals surface area contributed by atoms with Gasteiger partial charge in [0, 0.05) is 17.8 Å². The highest BCUT2D eigenvalue weighted by atomic mass is 16.5. The number of hydrogen-bond donors (Lipinski definition) is 2. The fraction of sp³-hybridized carbons (Fsp3) is 0.250. The molecule has 7 heteroatoms. The Labute approximate surface area is 131 Å². The zero-order chi connectivity index (χ0) is 16.4. The van der Waals surface area contributed by atoms with Gasteiger partial charge in [-0.2, -0.15) is 0 Å². The van der Waals surface area contributed by atoms with Crippen molar-refractivity contribution in [3.63, 3.8) is 0 Å². The van der Waals surface area contributed by atoms with Gasteiger partial charge in [0.1, 0.15) is 11.9 Å². The van der Waals surface area contributed by atoms with Crippen molar-refractivity contribution < 1.29 is 14.6 Å². The van der Waals surface area contributed by atoms with Gasteiger partial charge in [-0.15, -0.1) is 0 Å². The molecule has 0 unspecified atom stereocenters. The number of nitrogens with one attached hydrogen (secondary N) is 1. The molecule has 0 bridgehead atoms. The number of ether oxygens (including phenoxy) is 2. The molecule has 0 radical (unpaired) electrons. The fourth-order valence-corrected chi connectivity index (χ4v) is 2.60. The maximum Gasteiger partial charge on any atom is 0.330 e. The lowest BCUT2D eigenvalue weighted by atomic mass is 10.0. The van der Waals surface area contributed by atoms with Crippen LogP contribution in [0.1, 0.15) is 11.8 Å². The third kappa shape index (κ3) is 2.84. The molecule has 2 heterocycles. The monoisotopic (exact) mass is 316 g/mol. The molecule has 2 aromatic rings. The molecule has 120 valence electrons. The van der Waals surface area contributed by atoms with E-state index in [1.165, 1.54) is 16.8 Å². The number of nitrogens with zero attached hydrogens (tertiary/aromatic N) is 1. The van der Waals surface area contributed by atoms with Crippen molar-refractivity contribution in [3.05, 3.63) is 69.0 Å². The van der Waals surface area contributed by atoms with Crippen LogP contribution < -0.4 is 16.0 Å². The van der Waals surface area contributed by atoms with Crippen LogP contribution in [0.25, 0.3) is 5.57 Å². The Balaban J connectivity index is 2.05. The van der Waals surface area contributed by atoms with Crippen molar-refractivity contribution in [2.45, 2.75) is 12.3 Å². The van der Waals surface area contributed by atoms with E-state index in [0.717, 1.165) is 11.1 Å². The van der Waals surface area contributed by atoms with Crippen molar-refractivity contribution in [2.24, 2.45) is 0 Å². The molecule has 0 fully saturated rings. The predicted octanol–water partition coefficient (Wildman–Crippen LogP) is 0.518. The molecule has 0 amide bonds. The molecule has 0 aliphatic carbocycles. The molecule has 3 rings (SSSR count). The van der Waals surface area contributed by atoms with Gasteiger partial charge in [0.05, 0.1) is 13.7 Å². The second kappa shape index (κ2) is 6.23. The first-order valence-corrected chi connectivity index (χ1v) is 7.07. The molecule has 0 saturated heterocycles. The van der Waals surface area contributed by atoms with E-state index in [9.17, 15) is 14.7 Å². The second-order valence-electron chi connectivity index (χ2n) is 5.04. The summed E-state index contributed by atoms with van der Waals surface area (Å²) in [5.74, 6) is 0.648. The van der Waals surface area contributed by atoms with Crippen LogP contribution in [-0.4, -0.2) is 34.5 Å². The smallest absolute Gasteiger partial charge is 0.330 e. The highest BCUT2D eigenvalue weighted by Crippen LogP contribution is 2.36. The zero-order valence-electron chi connectivity index (χ0n) is 12.4. The summed E-state index contributed by atoms with van der Waals surface area (Å²) in [6.45, 7) is -0.238. The van der Waals surface area contributed by atoms with E-state index in [2.05, 4.69) is 4.98 Å². The summed E-state index contributed by atoms with van der Waals surface area (Å²) >= 11 is 0. The Bertz CT molecular complexity index is 852. The number of para-hydroxylation sites is 1. The fourth-order valence-electron chi connectivity index (χ4n) is 2.60. The number of aromatic amines is 1. The number of hydrogen-bond acceptors (Lipinski definition) is 5. The van der Waals surface area contributed by atoms with Crippen LogP contribution in [0.3, 0.4) is 0 Å². The van der Waals surface area contributed by atoms with Crippen LogP contribution in [0.4, 0.5) is 0 Å². The lowest BCUT2D eigenvalue weighted by Crippen LogP contribution is -2.32. The highest BCUT2D eigenvalue weighted by molar-refractivity contribution is 5.75. The SMILES string of the molecule is COc1ccccc1C1=C[C@H](n2ccc(=O)[nH]c2=O)O[C@@H]1CO. The maximum absolute atomic E-state index is 11.9. The molecule has 1 aromatic heterocycles. The Morgan fingerprint density at radius 1 is 1.30 bits per heavy atom. The van der Waals surface area contributed by atoms with Crippen molar-refractivity contribution in [2.75, 3.05) is 13.7 Å². The number of H-pyrrole nitrogens is 1.